The molecule has 2 rings (SSSR count). The van der Waals surface area contributed by atoms with E-state index in [1.165, 1.54) is 11.1 Å². The van der Waals surface area contributed by atoms with E-state index in [0.717, 1.165) is 28.7 Å². The van der Waals surface area contributed by atoms with E-state index in [2.05, 4.69) is 107 Å². The fourth-order valence-corrected chi connectivity index (χ4v) is 4.07. The highest BCUT2D eigenvalue weighted by Gasteiger charge is 2.27. The maximum atomic E-state index is 11.3. The average molecular weight is 439 g/mol. The zero-order valence-electron chi connectivity index (χ0n) is 22.6. The topological polar surface area (TPSA) is 40.5 Å². The van der Waals surface area contributed by atoms with Crippen LogP contribution in [-0.4, -0.2) is 10.2 Å². The van der Waals surface area contributed by atoms with E-state index < -0.39 is 0 Å². The quantitative estimate of drug-likeness (QED) is 0.507. The van der Waals surface area contributed by atoms with Crippen molar-refractivity contribution in [3.05, 3.63) is 57.6 Å². The Balaban J connectivity index is 2.74. The molecule has 0 amide bonds. The second-order valence-corrected chi connectivity index (χ2v) is 13.8. The van der Waals surface area contributed by atoms with Gasteiger partial charge in [-0.2, -0.15) is 0 Å². The molecule has 32 heavy (non-hydrogen) atoms. The Morgan fingerprint density at radius 3 is 1.34 bits per heavy atom. The molecule has 0 fully saturated rings. The zero-order chi connectivity index (χ0) is 24.9. The molecule has 0 spiro atoms. The van der Waals surface area contributed by atoms with Crippen LogP contribution in [0, 0.1) is 5.41 Å². The van der Waals surface area contributed by atoms with Crippen molar-refractivity contribution in [1.29, 1.82) is 0 Å². The Labute approximate surface area is 197 Å². The number of rotatable bonds is 3. The maximum Gasteiger partial charge on any atom is 0.122 e. The number of aromatic hydroxyl groups is 2. The van der Waals surface area contributed by atoms with Crippen LogP contribution in [0.15, 0.2) is 24.3 Å². The first-order valence-electron chi connectivity index (χ1n) is 11.9. The van der Waals surface area contributed by atoms with Gasteiger partial charge in [-0.3, -0.25) is 0 Å². The summed E-state index contributed by atoms with van der Waals surface area (Å²) in [6, 6.07) is 8.56. The highest BCUT2D eigenvalue weighted by Crippen LogP contribution is 2.41. The summed E-state index contributed by atoms with van der Waals surface area (Å²) >= 11 is 0. The fourth-order valence-electron chi connectivity index (χ4n) is 4.07. The lowest BCUT2D eigenvalue weighted by molar-refractivity contribution is 0.392. The van der Waals surface area contributed by atoms with Crippen LogP contribution in [0.5, 0.6) is 11.5 Å². The highest BCUT2D eigenvalue weighted by atomic mass is 16.3. The lowest BCUT2D eigenvalue weighted by Crippen LogP contribution is -2.18. The molecule has 0 aliphatic rings. The minimum absolute atomic E-state index is 0.0268. The largest absolute Gasteiger partial charge is 0.507 e. The summed E-state index contributed by atoms with van der Waals surface area (Å²) in [6.07, 6.45) is 1.31. The van der Waals surface area contributed by atoms with E-state index in [1.54, 1.807) is 0 Å². The standard InChI is InChI=1S/C30H46O2/c1-27(2,3)18-21-16-22(28(4,5)6)14-19(25(21)31)13-20-15-23(29(7,8)9)17-24(26(20)32)30(10,11)12/h14-17,31-32H,13,18H2,1-12H3. The second-order valence-electron chi connectivity index (χ2n) is 13.8. The number of phenolic OH excluding ortho intramolecular Hbond substituents is 2. The van der Waals surface area contributed by atoms with Crippen molar-refractivity contribution in [1.82, 2.24) is 0 Å². The number of phenols is 2. The van der Waals surface area contributed by atoms with Crippen molar-refractivity contribution in [2.75, 3.05) is 0 Å². The fraction of sp³-hybridized carbons (Fsp3) is 0.600. The van der Waals surface area contributed by atoms with Crippen molar-refractivity contribution in [3.8, 4) is 11.5 Å². The van der Waals surface area contributed by atoms with E-state index in [0.29, 0.717) is 17.9 Å². The smallest absolute Gasteiger partial charge is 0.122 e. The van der Waals surface area contributed by atoms with Gasteiger partial charge in [0.25, 0.3) is 0 Å². The summed E-state index contributed by atoms with van der Waals surface area (Å²) in [6.45, 7) is 26.2. The first-order chi connectivity index (χ1) is 14.2. The third-order valence-electron chi connectivity index (χ3n) is 6.10. The van der Waals surface area contributed by atoms with Gasteiger partial charge in [-0.15, -0.1) is 0 Å². The zero-order valence-corrected chi connectivity index (χ0v) is 22.6. The summed E-state index contributed by atoms with van der Waals surface area (Å²) in [4.78, 5) is 0. The molecular formula is C30H46O2. The van der Waals surface area contributed by atoms with Crippen LogP contribution in [0.1, 0.15) is 116 Å². The molecule has 0 bridgehead atoms. The van der Waals surface area contributed by atoms with E-state index in [1.807, 2.05) is 0 Å². The third-order valence-corrected chi connectivity index (χ3v) is 6.10. The molecule has 0 aliphatic heterocycles. The monoisotopic (exact) mass is 438 g/mol. The normalized spacial score (nSPS) is 13.5. The van der Waals surface area contributed by atoms with Crippen molar-refractivity contribution >= 4 is 0 Å². The van der Waals surface area contributed by atoms with Crippen molar-refractivity contribution in [2.45, 2.75) is 112 Å². The Morgan fingerprint density at radius 2 is 0.938 bits per heavy atom. The second kappa shape index (κ2) is 8.43. The van der Waals surface area contributed by atoms with Crippen LogP contribution in [0.25, 0.3) is 0 Å². The predicted molar refractivity (Wildman–Crippen MR) is 138 cm³/mol. The molecule has 2 aromatic carbocycles. The molecule has 2 N–H and O–H groups in total. The molecule has 0 saturated carbocycles. The van der Waals surface area contributed by atoms with Gasteiger partial charge in [0.05, 0.1) is 0 Å². The van der Waals surface area contributed by atoms with E-state index in [4.69, 9.17) is 0 Å². The van der Waals surface area contributed by atoms with Gasteiger partial charge >= 0.3 is 0 Å². The first-order valence-corrected chi connectivity index (χ1v) is 11.9. The maximum absolute atomic E-state index is 11.3. The Hall–Kier alpha value is -1.96. The van der Waals surface area contributed by atoms with E-state index >= 15 is 0 Å². The number of benzene rings is 2. The molecule has 0 aliphatic carbocycles. The minimum Gasteiger partial charge on any atom is -0.507 e. The Bertz CT molecular complexity index is 968. The summed E-state index contributed by atoms with van der Waals surface area (Å²) in [5.74, 6) is 0.717. The van der Waals surface area contributed by atoms with Gasteiger partial charge in [0.1, 0.15) is 11.5 Å². The number of hydrogen-bond donors (Lipinski definition) is 2. The van der Waals surface area contributed by atoms with E-state index in [-0.39, 0.29) is 21.7 Å². The minimum atomic E-state index is -0.174. The van der Waals surface area contributed by atoms with E-state index in [9.17, 15) is 10.2 Å². The first kappa shape index (κ1) is 26.3. The van der Waals surface area contributed by atoms with Crippen LogP contribution < -0.4 is 0 Å². The molecule has 2 nitrogen and oxygen atoms in total. The third kappa shape index (κ3) is 6.30. The van der Waals surface area contributed by atoms with Gasteiger partial charge in [-0.1, -0.05) is 107 Å². The van der Waals surface area contributed by atoms with Crippen LogP contribution in [0.4, 0.5) is 0 Å². The van der Waals surface area contributed by atoms with Gasteiger partial charge in [-0.05, 0) is 61.5 Å². The number of hydrogen-bond acceptors (Lipinski definition) is 2. The molecule has 0 saturated heterocycles. The Kier molecular flexibility index (Phi) is 6.93. The molecule has 0 aromatic heterocycles. The Morgan fingerprint density at radius 1 is 0.531 bits per heavy atom. The lowest BCUT2D eigenvalue weighted by Gasteiger charge is -2.28. The highest BCUT2D eigenvalue weighted by molar-refractivity contribution is 5.53. The molecule has 2 heteroatoms. The van der Waals surface area contributed by atoms with Crippen molar-refractivity contribution in [2.24, 2.45) is 5.41 Å². The van der Waals surface area contributed by atoms with Crippen molar-refractivity contribution < 1.29 is 10.2 Å². The van der Waals surface area contributed by atoms with Crippen LogP contribution in [-0.2, 0) is 29.1 Å². The summed E-state index contributed by atoms with van der Waals surface area (Å²) in [5.41, 5.74) is 5.97. The molecule has 0 unspecified atom stereocenters. The van der Waals surface area contributed by atoms with Gasteiger partial charge in [-0.25, -0.2) is 0 Å². The van der Waals surface area contributed by atoms with Gasteiger partial charge in [0.2, 0.25) is 0 Å². The summed E-state index contributed by atoms with van der Waals surface area (Å²) in [5, 5.41) is 22.5. The van der Waals surface area contributed by atoms with Gasteiger partial charge < -0.3 is 10.2 Å². The molecule has 2 aromatic rings. The van der Waals surface area contributed by atoms with Crippen LogP contribution in [0.3, 0.4) is 0 Å². The lowest BCUT2D eigenvalue weighted by atomic mass is 9.77. The van der Waals surface area contributed by atoms with Gasteiger partial charge in [0, 0.05) is 6.42 Å². The molecule has 178 valence electrons. The SMILES string of the molecule is CC(C)(C)Cc1cc(C(C)(C)C)cc(Cc2cc(C(C)(C)C)cc(C(C)(C)C)c2O)c1O. The van der Waals surface area contributed by atoms with Gasteiger partial charge in [0.15, 0.2) is 0 Å². The van der Waals surface area contributed by atoms with Crippen LogP contribution >= 0.6 is 0 Å². The molecular weight excluding hydrogens is 392 g/mol. The molecule has 0 radical (unpaired) electrons. The summed E-state index contributed by atoms with van der Waals surface area (Å²) in [7, 11) is 0. The average Bonchev–Trinajstić information content (AvgIpc) is 2.55. The van der Waals surface area contributed by atoms with Crippen molar-refractivity contribution in [3.63, 3.8) is 0 Å². The molecule has 0 heterocycles. The summed E-state index contributed by atoms with van der Waals surface area (Å²) < 4.78 is 0. The van der Waals surface area contributed by atoms with Crippen LogP contribution in [0.2, 0.25) is 0 Å². The predicted octanol–water partition coefficient (Wildman–Crippen LogP) is 8.17. The molecule has 0 atom stereocenters.